The minimum absolute atomic E-state index is 0.160. The van der Waals surface area contributed by atoms with Gasteiger partial charge in [-0.2, -0.15) is 0 Å². The minimum atomic E-state index is -0.367. The molecule has 196 valence electrons. The number of hydrogen-bond donors (Lipinski definition) is 1. The zero-order valence-corrected chi connectivity index (χ0v) is 22.8. The fourth-order valence-electron chi connectivity index (χ4n) is 4.61. The Labute approximate surface area is 224 Å². The van der Waals surface area contributed by atoms with Gasteiger partial charge in [0, 0.05) is 37.8 Å². The van der Waals surface area contributed by atoms with Crippen molar-refractivity contribution in [3.8, 4) is 0 Å². The number of benzene rings is 1. The second kappa shape index (κ2) is 11.5. The van der Waals surface area contributed by atoms with Gasteiger partial charge in [0.2, 0.25) is 0 Å². The maximum atomic E-state index is 11.5. The summed E-state index contributed by atoms with van der Waals surface area (Å²) in [6.07, 6.45) is 11.6. The van der Waals surface area contributed by atoms with Crippen LogP contribution in [0.3, 0.4) is 0 Å². The Kier molecular flexibility index (Phi) is 8.35. The van der Waals surface area contributed by atoms with Crippen LogP contribution in [0, 0.1) is 0 Å². The molecule has 1 unspecified atom stereocenters. The number of fused-ring (bicyclic) bond motifs is 2. The molecule has 1 fully saturated rings. The van der Waals surface area contributed by atoms with Crippen LogP contribution in [0.15, 0.2) is 49.1 Å². The van der Waals surface area contributed by atoms with Gasteiger partial charge in [-0.3, -0.25) is 4.98 Å². The normalized spacial score (nSPS) is 15.8. The summed E-state index contributed by atoms with van der Waals surface area (Å²) >= 11 is 6.27. The number of pyridine rings is 1. The van der Waals surface area contributed by atoms with Crippen LogP contribution < -0.4 is 5.73 Å². The summed E-state index contributed by atoms with van der Waals surface area (Å²) in [6, 6.07) is 9.70. The summed E-state index contributed by atoms with van der Waals surface area (Å²) in [4.78, 5) is 22.1. The highest BCUT2D eigenvalue weighted by Crippen LogP contribution is 2.37. The molecule has 1 saturated heterocycles. The zero-order valence-electron chi connectivity index (χ0n) is 22.1. The van der Waals surface area contributed by atoms with Crippen molar-refractivity contribution in [2.45, 2.75) is 58.1 Å². The van der Waals surface area contributed by atoms with E-state index in [0.717, 1.165) is 60.4 Å². The fourth-order valence-corrected chi connectivity index (χ4v) is 4.79. The molecular formula is C29H36ClN5O2. The molecule has 8 heteroatoms. The van der Waals surface area contributed by atoms with Gasteiger partial charge in [0.05, 0.1) is 30.0 Å². The van der Waals surface area contributed by atoms with E-state index in [2.05, 4.69) is 28.2 Å². The Morgan fingerprint density at radius 3 is 2.59 bits per heavy atom. The smallest absolute Gasteiger partial charge is 0.410 e. The van der Waals surface area contributed by atoms with Crippen molar-refractivity contribution >= 4 is 29.3 Å². The third kappa shape index (κ3) is 6.79. The van der Waals surface area contributed by atoms with E-state index in [1.165, 1.54) is 12.0 Å². The highest BCUT2D eigenvalue weighted by Gasteiger charge is 2.24. The number of carbonyl (C=O) groups excluding carboxylic acids is 1. The van der Waals surface area contributed by atoms with E-state index in [1.54, 1.807) is 11.2 Å². The van der Waals surface area contributed by atoms with Crippen LogP contribution in [0.1, 0.15) is 74.2 Å². The summed E-state index contributed by atoms with van der Waals surface area (Å²) in [5, 5.41) is 0.704. The second-order valence-electron chi connectivity index (χ2n) is 10.6. The lowest BCUT2D eigenvalue weighted by Gasteiger charge is -2.29. The van der Waals surface area contributed by atoms with Crippen molar-refractivity contribution in [1.29, 1.82) is 0 Å². The van der Waals surface area contributed by atoms with Gasteiger partial charge < -0.3 is 19.9 Å². The molecule has 5 rings (SSSR count). The quantitative estimate of drug-likeness (QED) is 0.445. The van der Waals surface area contributed by atoms with Gasteiger partial charge in [-0.1, -0.05) is 23.7 Å². The van der Waals surface area contributed by atoms with Gasteiger partial charge in [0.25, 0.3) is 0 Å². The number of piperidine rings is 1. The van der Waals surface area contributed by atoms with Crippen LogP contribution in [0.2, 0.25) is 5.02 Å². The average Bonchev–Trinajstić information content (AvgIpc) is 3.22. The van der Waals surface area contributed by atoms with Gasteiger partial charge in [-0.15, -0.1) is 0 Å². The topological polar surface area (TPSA) is 86.3 Å². The monoisotopic (exact) mass is 521 g/mol. The van der Waals surface area contributed by atoms with Crippen molar-refractivity contribution < 1.29 is 9.53 Å². The Balaban J connectivity index is 0.000000209. The van der Waals surface area contributed by atoms with E-state index in [9.17, 15) is 4.79 Å². The average molecular weight is 522 g/mol. The molecule has 1 amide bonds. The molecule has 1 atom stereocenters. The first-order valence-corrected chi connectivity index (χ1v) is 13.1. The summed E-state index contributed by atoms with van der Waals surface area (Å²) in [5.41, 5.74) is 12.6. The van der Waals surface area contributed by atoms with E-state index >= 15 is 0 Å². The molecule has 1 aliphatic heterocycles. The summed E-state index contributed by atoms with van der Waals surface area (Å²) in [7, 11) is 1.95. The van der Waals surface area contributed by atoms with E-state index in [4.69, 9.17) is 22.1 Å². The molecule has 1 aromatic carbocycles. The number of carbonyl (C=O) groups is 1. The Morgan fingerprint density at radius 2 is 1.92 bits per heavy atom. The number of nitrogens with zero attached hydrogens (tertiary/aromatic N) is 4. The first kappa shape index (κ1) is 26.9. The number of halogens is 1. The number of hydrogen-bond acceptors (Lipinski definition) is 5. The van der Waals surface area contributed by atoms with Crippen molar-refractivity contribution in [3.63, 3.8) is 0 Å². The molecular weight excluding hydrogens is 486 g/mol. The number of amides is 1. The van der Waals surface area contributed by atoms with Crippen LogP contribution in [-0.4, -0.2) is 44.2 Å². The van der Waals surface area contributed by atoms with E-state index in [1.807, 2.05) is 63.0 Å². The summed E-state index contributed by atoms with van der Waals surface area (Å²) in [5.74, 6) is 0. The van der Waals surface area contributed by atoms with Crippen molar-refractivity contribution in [3.05, 3.63) is 82.2 Å². The van der Waals surface area contributed by atoms with Gasteiger partial charge in [0.1, 0.15) is 5.60 Å². The highest BCUT2D eigenvalue weighted by atomic mass is 35.5. The highest BCUT2D eigenvalue weighted by molar-refractivity contribution is 6.30. The maximum absolute atomic E-state index is 11.5. The fraction of sp³-hybridized carbons (Fsp3) is 0.414. The number of rotatable bonds is 2. The molecule has 0 saturated carbocycles. The predicted octanol–water partition coefficient (Wildman–Crippen LogP) is 6.02. The van der Waals surface area contributed by atoms with E-state index in [0.29, 0.717) is 5.02 Å². The number of nitrogens with two attached hydrogens (primary N) is 1. The maximum Gasteiger partial charge on any atom is 0.410 e. The number of aryl methyl sites for hydroxylation is 1. The Hall–Kier alpha value is -3.16. The summed E-state index contributed by atoms with van der Waals surface area (Å²) < 4.78 is 7.21. The first-order valence-electron chi connectivity index (χ1n) is 12.8. The molecule has 2 aliphatic rings. The third-order valence-electron chi connectivity index (χ3n) is 6.49. The second-order valence-corrected chi connectivity index (χ2v) is 11.0. The predicted molar refractivity (Wildman–Crippen MR) is 148 cm³/mol. The van der Waals surface area contributed by atoms with Gasteiger partial charge in [0.15, 0.2) is 0 Å². The third-order valence-corrected chi connectivity index (χ3v) is 6.73. The molecule has 1 aliphatic carbocycles. The van der Waals surface area contributed by atoms with Crippen LogP contribution >= 0.6 is 11.6 Å². The summed E-state index contributed by atoms with van der Waals surface area (Å²) in [6.45, 7) is 7.41. The van der Waals surface area contributed by atoms with Crippen molar-refractivity contribution in [2.24, 2.45) is 12.8 Å². The Bertz CT molecular complexity index is 1270. The largest absolute Gasteiger partial charge is 0.444 e. The van der Waals surface area contributed by atoms with Crippen LogP contribution in [-0.2, 0) is 18.2 Å². The number of imidazole rings is 1. The molecule has 0 spiro atoms. The van der Waals surface area contributed by atoms with E-state index < -0.39 is 0 Å². The lowest BCUT2D eigenvalue weighted by atomic mass is 9.92. The molecule has 2 N–H and O–H groups in total. The SMILES string of the molecule is CC(C)(C)OC(=O)N1CCCCC1.Cn1cncc1C(N)C1=Cc2cccnc2Cc2ccc(Cl)cc21. The molecule has 0 radical (unpaired) electrons. The standard InChI is InChI=1S/C19H17ClN4.C10H19NO2/c1-24-11-22-10-18(24)19(21)16-7-13-3-2-6-23-17(13)8-12-4-5-14(20)9-15(12)16;1-10(2,3)13-9(12)11-7-5-4-6-8-11/h2-7,9-11,19H,8,21H2,1H3;4-8H2,1-3H3. The molecule has 7 nitrogen and oxygen atoms in total. The molecule has 3 aromatic rings. The number of aromatic nitrogens is 3. The van der Waals surface area contributed by atoms with Gasteiger partial charge in [-0.25, -0.2) is 9.78 Å². The van der Waals surface area contributed by atoms with Crippen LogP contribution in [0.25, 0.3) is 11.6 Å². The van der Waals surface area contributed by atoms with Crippen molar-refractivity contribution in [1.82, 2.24) is 19.4 Å². The lowest BCUT2D eigenvalue weighted by molar-refractivity contribution is 0.0216. The molecule has 37 heavy (non-hydrogen) atoms. The first-order chi connectivity index (χ1) is 17.6. The number of ether oxygens (including phenoxy) is 1. The van der Waals surface area contributed by atoms with Crippen LogP contribution in [0.5, 0.6) is 0 Å². The number of likely N-dealkylation sites (tertiary alicyclic amines) is 1. The van der Waals surface area contributed by atoms with Gasteiger partial charge >= 0.3 is 6.09 Å². The van der Waals surface area contributed by atoms with Gasteiger partial charge in [-0.05, 0) is 86.6 Å². The lowest BCUT2D eigenvalue weighted by Crippen LogP contribution is -2.39. The molecule has 0 bridgehead atoms. The minimum Gasteiger partial charge on any atom is -0.444 e. The zero-order chi connectivity index (χ0) is 26.6. The van der Waals surface area contributed by atoms with Crippen molar-refractivity contribution in [2.75, 3.05) is 13.1 Å². The van der Waals surface area contributed by atoms with Crippen LogP contribution in [0.4, 0.5) is 4.79 Å². The molecule has 2 aromatic heterocycles. The molecule has 3 heterocycles. The Morgan fingerprint density at radius 1 is 1.16 bits per heavy atom. The van der Waals surface area contributed by atoms with E-state index in [-0.39, 0.29) is 17.7 Å².